The molecule has 1 unspecified atom stereocenters. The molecule has 0 aliphatic carbocycles. The first-order valence-corrected chi connectivity index (χ1v) is 7.33. The lowest BCUT2D eigenvalue weighted by atomic mass is 10.0. The van der Waals surface area contributed by atoms with Crippen LogP contribution in [0.25, 0.3) is 0 Å². The molecule has 1 rings (SSSR count). The number of ketones is 1. The predicted molar refractivity (Wildman–Crippen MR) is 86.0 cm³/mol. The van der Waals surface area contributed by atoms with Gasteiger partial charge in [0.15, 0.2) is 5.78 Å². The quantitative estimate of drug-likeness (QED) is 0.462. The summed E-state index contributed by atoms with van der Waals surface area (Å²) >= 11 is 3.01. The Hall–Kier alpha value is -1.40. The second kappa shape index (κ2) is 11.7. The van der Waals surface area contributed by atoms with E-state index in [0.29, 0.717) is 11.8 Å². The summed E-state index contributed by atoms with van der Waals surface area (Å²) in [6, 6.07) is 9.77. The summed E-state index contributed by atoms with van der Waals surface area (Å²) in [5, 5.41) is 0.660. The van der Waals surface area contributed by atoms with Gasteiger partial charge < -0.3 is 0 Å². The molecule has 0 saturated carbocycles. The lowest BCUT2D eigenvalue weighted by molar-refractivity contribution is -0.118. The van der Waals surface area contributed by atoms with E-state index in [1.54, 1.807) is 6.92 Å². The molecule has 1 aromatic rings. The number of aliphatic imine (C=N–C) groups is 1. The summed E-state index contributed by atoms with van der Waals surface area (Å²) in [4.78, 5) is 15.6. The smallest absolute Gasteiger partial charge is 0.154 e. The van der Waals surface area contributed by atoms with Crippen LogP contribution >= 0.6 is 15.9 Å². The molecule has 0 aromatic heterocycles. The van der Waals surface area contributed by atoms with Gasteiger partial charge in [-0.3, -0.25) is 9.79 Å². The lowest BCUT2D eigenvalue weighted by Crippen LogP contribution is -2.18. The van der Waals surface area contributed by atoms with E-state index < -0.39 is 0 Å². The average molecular weight is 322 g/mol. The number of benzene rings is 1. The molecule has 0 saturated heterocycles. The maximum absolute atomic E-state index is 11.3. The van der Waals surface area contributed by atoms with E-state index in [9.17, 15) is 4.79 Å². The number of hydrogen-bond acceptors (Lipinski definition) is 2. The molecular formula is C16H20BrNO. The van der Waals surface area contributed by atoms with E-state index in [1.165, 1.54) is 0 Å². The fraction of sp³-hybridized carbons (Fsp3) is 0.375. The van der Waals surface area contributed by atoms with Crippen molar-refractivity contribution < 1.29 is 4.79 Å². The molecule has 0 heterocycles. The third-order valence-corrected chi connectivity index (χ3v) is 2.61. The SMILES string of the molecule is C#CCBr.CCC=NC(Cc1ccccc1)C(C)=O. The molecule has 0 fully saturated rings. The first-order chi connectivity index (χ1) is 9.15. The van der Waals surface area contributed by atoms with E-state index in [0.717, 1.165) is 12.0 Å². The molecule has 0 bridgehead atoms. The van der Waals surface area contributed by atoms with Gasteiger partial charge in [-0.15, -0.1) is 6.42 Å². The molecule has 1 aromatic carbocycles. The van der Waals surface area contributed by atoms with E-state index in [2.05, 4.69) is 26.8 Å². The van der Waals surface area contributed by atoms with Crippen LogP contribution in [0.2, 0.25) is 0 Å². The highest BCUT2D eigenvalue weighted by Gasteiger charge is 2.11. The van der Waals surface area contributed by atoms with Crippen molar-refractivity contribution in [3.8, 4) is 12.3 Å². The van der Waals surface area contributed by atoms with Gasteiger partial charge in [-0.2, -0.15) is 0 Å². The number of alkyl halides is 1. The second-order valence-corrected chi connectivity index (χ2v) is 4.45. The molecule has 1 atom stereocenters. The highest BCUT2D eigenvalue weighted by atomic mass is 79.9. The van der Waals surface area contributed by atoms with Crippen LogP contribution in [-0.4, -0.2) is 23.4 Å². The number of halogens is 1. The van der Waals surface area contributed by atoms with Crippen LogP contribution in [0.4, 0.5) is 0 Å². The number of nitrogens with zero attached hydrogens (tertiary/aromatic N) is 1. The minimum atomic E-state index is -0.215. The normalized spacial score (nSPS) is 11.3. The van der Waals surface area contributed by atoms with E-state index in [1.807, 2.05) is 43.5 Å². The second-order valence-electron chi connectivity index (χ2n) is 3.89. The first-order valence-electron chi connectivity index (χ1n) is 6.21. The highest BCUT2D eigenvalue weighted by Crippen LogP contribution is 2.06. The molecular weight excluding hydrogens is 302 g/mol. The van der Waals surface area contributed by atoms with Crippen molar-refractivity contribution in [2.75, 3.05) is 5.33 Å². The van der Waals surface area contributed by atoms with E-state index >= 15 is 0 Å². The fourth-order valence-electron chi connectivity index (χ4n) is 1.37. The molecule has 3 heteroatoms. The summed E-state index contributed by atoms with van der Waals surface area (Å²) < 4.78 is 0. The standard InChI is InChI=1S/C13H17NO.C3H3Br/c1-3-9-14-13(11(2)15)10-12-7-5-4-6-8-12;1-2-3-4/h4-9,13H,3,10H2,1-2H3;1H,3H2. The third-order valence-electron chi connectivity index (χ3n) is 2.29. The van der Waals surface area contributed by atoms with Crippen molar-refractivity contribution in [1.29, 1.82) is 0 Å². The van der Waals surface area contributed by atoms with Gasteiger partial charge in [-0.05, 0) is 25.1 Å². The Morgan fingerprint density at radius 1 is 1.47 bits per heavy atom. The zero-order valence-corrected chi connectivity index (χ0v) is 13.1. The number of Topliss-reactive ketones (excluding diaryl/α,β-unsaturated/α-hetero) is 1. The minimum Gasteiger partial charge on any atom is -0.298 e. The van der Waals surface area contributed by atoms with E-state index in [4.69, 9.17) is 6.42 Å². The number of carbonyl (C=O) groups is 1. The van der Waals surface area contributed by atoms with Crippen LogP contribution in [0.3, 0.4) is 0 Å². The third kappa shape index (κ3) is 9.21. The Kier molecular flexibility index (Phi) is 10.8. The largest absolute Gasteiger partial charge is 0.298 e. The van der Waals surface area contributed by atoms with Crippen molar-refractivity contribution in [3.63, 3.8) is 0 Å². The Bertz CT molecular complexity index is 420. The Balaban J connectivity index is 0.000000711. The van der Waals surface area contributed by atoms with Crippen molar-refractivity contribution in [2.45, 2.75) is 32.7 Å². The van der Waals surface area contributed by atoms with Gasteiger partial charge in [0.25, 0.3) is 0 Å². The number of rotatable bonds is 5. The predicted octanol–water partition coefficient (Wildman–Crippen LogP) is 3.68. The molecule has 0 radical (unpaired) electrons. The topological polar surface area (TPSA) is 29.4 Å². The average Bonchev–Trinajstić information content (AvgIpc) is 2.44. The van der Waals surface area contributed by atoms with Crippen molar-refractivity contribution >= 4 is 27.9 Å². The van der Waals surface area contributed by atoms with Gasteiger partial charge in [-0.1, -0.05) is 59.1 Å². The van der Waals surface area contributed by atoms with Crippen LogP contribution in [0.15, 0.2) is 35.3 Å². The van der Waals surface area contributed by atoms with Crippen molar-refractivity contribution in [3.05, 3.63) is 35.9 Å². The van der Waals surface area contributed by atoms with Gasteiger partial charge >= 0.3 is 0 Å². The van der Waals surface area contributed by atoms with Crippen LogP contribution in [0.5, 0.6) is 0 Å². The van der Waals surface area contributed by atoms with Gasteiger partial charge in [0, 0.05) is 6.42 Å². The summed E-state index contributed by atoms with van der Waals surface area (Å²) in [6.45, 7) is 3.61. The number of terminal acetylenes is 1. The molecule has 19 heavy (non-hydrogen) atoms. The Morgan fingerprint density at radius 3 is 2.47 bits per heavy atom. The maximum Gasteiger partial charge on any atom is 0.154 e. The summed E-state index contributed by atoms with van der Waals surface area (Å²) in [5.74, 6) is 2.48. The monoisotopic (exact) mass is 321 g/mol. The summed E-state index contributed by atoms with van der Waals surface area (Å²) in [5.41, 5.74) is 1.16. The molecule has 0 aliphatic heterocycles. The fourth-order valence-corrected chi connectivity index (χ4v) is 1.37. The van der Waals surface area contributed by atoms with Crippen molar-refractivity contribution in [2.24, 2.45) is 4.99 Å². The van der Waals surface area contributed by atoms with E-state index in [-0.39, 0.29) is 11.8 Å². The van der Waals surface area contributed by atoms with Crippen LogP contribution in [0, 0.1) is 12.3 Å². The van der Waals surface area contributed by atoms with Crippen LogP contribution in [-0.2, 0) is 11.2 Å². The van der Waals surface area contributed by atoms with Gasteiger partial charge in [0.1, 0.15) is 6.04 Å². The highest BCUT2D eigenvalue weighted by molar-refractivity contribution is 9.09. The zero-order chi connectivity index (χ0) is 14.5. The number of carbonyl (C=O) groups excluding carboxylic acids is 1. The summed E-state index contributed by atoms with van der Waals surface area (Å²) in [7, 11) is 0. The zero-order valence-electron chi connectivity index (χ0n) is 11.5. The molecule has 2 nitrogen and oxygen atoms in total. The molecule has 0 amide bonds. The molecule has 0 aliphatic rings. The van der Waals surface area contributed by atoms with Gasteiger partial charge in [-0.25, -0.2) is 0 Å². The Labute approximate surface area is 124 Å². The van der Waals surface area contributed by atoms with Gasteiger partial charge in [0.2, 0.25) is 0 Å². The molecule has 0 spiro atoms. The maximum atomic E-state index is 11.3. The Morgan fingerprint density at radius 2 is 2.05 bits per heavy atom. The van der Waals surface area contributed by atoms with Crippen LogP contribution < -0.4 is 0 Å². The molecule has 102 valence electrons. The first kappa shape index (κ1) is 17.6. The van der Waals surface area contributed by atoms with Gasteiger partial charge in [0.05, 0.1) is 5.33 Å². The van der Waals surface area contributed by atoms with Crippen LogP contribution in [0.1, 0.15) is 25.8 Å². The summed E-state index contributed by atoms with van der Waals surface area (Å²) in [6.07, 6.45) is 8.12. The number of hydrogen-bond donors (Lipinski definition) is 0. The molecule has 0 N–H and O–H groups in total. The minimum absolute atomic E-state index is 0.128. The lowest BCUT2D eigenvalue weighted by Gasteiger charge is -2.08. The van der Waals surface area contributed by atoms with Crippen molar-refractivity contribution in [1.82, 2.24) is 0 Å².